The second-order valence-electron chi connectivity index (χ2n) is 6.42. The number of hydrogen-bond acceptors (Lipinski definition) is 4. The Morgan fingerprint density at radius 1 is 0.893 bits per heavy atom. The molecule has 138 valence electrons. The first-order chi connectivity index (χ1) is 13.6. The molecule has 0 unspecified atom stereocenters. The lowest BCUT2D eigenvalue weighted by Gasteiger charge is -2.15. The van der Waals surface area contributed by atoms with Gasteiger partial charge in [0.05, 0.1) is 17.0 Å². The minimum atomic E-state index is -0.504. The van der Waals surface area contributed by atoms with E-state index in [0.717, 1.165) is 5.56 Å². The maximum absolute atomic E-state index is 13.0. The van der Waals surface area contributed by atoms with E-state index >= 15 is 0 Å². The van der Waals surface area contributed by atoms with Crippen LogP contribution in [-0.4, -0.2) is 14.6 Å². The second kappa shape index (κ2) is 7.00. The van der Waals surface area contributed by atoms with Crippen molar-refractivity contribution in [1.29, 1.82) is 0 Å². The number of aromatic nitrogens is 1. The van der Waals surface area contributed by atoms with Crippen LogP contribution in [0, 0.1) is 10.1 Å². The molecule has 4 rings (SSSR count). The number of nitro groups is 1. The summed E-state index contributed by atoms with van der Waals surface area (Å²) < 4.78 is 1.54. The molecular weight excluding hydrogens is 356 g/mol. The first-order valence-electron chi connectivity index (χ1n) is 8.69. The van der Waals surface area contributed by atoms with Crippen LogP contribution >= 0.6 is 0 Å². The number of para-hydroxylation sites is 1. The van der Waals surface area contributed by atoms with Crippen LogP contribution in [0.15, 0.2) is 83.7 Å². The molecule has 1 N–H and O–H groups in total. The molecule has 6 nitrogen and oxygen atoms in total. The zero-order valence-corrected chi connectivity index (χ0v) is 14.8. The summed E-state index contributed by atoms with van der Waals surface area (Å²) in [4.78, 5) is 23.4. The molecule has 0 saturated heterocycles. The number of fused-ring (bicyclic) bond motifs is 1. The first kappa shape index (κ1) is 17.5. The minimum Gasteiger partial charge on any atom is -0.503 e. The van der Waals surface area contributed by atoms with Crippen LogP contribution in [0.3, 0.4) is 0 Å². The molecule has 0 aliphatic rings. The zero-order chi connectivity index (χ0) is 19.7. The molecule has 0 radical (unpaired) electrons. The summed E-state index contributed by atoms with van der Waals surface area (Å²) in [5, 5.41) is 22.3. The van der Waals surface area contributed by atoms with Gasteiger partial charge in [0, 0.05) is 23.1 Å². The van der Waals surface area contributed by atoms with E-state index in [1.165, 1.54) is 16.7 Å². The van der Waals surface area contributed by atoms with E-state index in [9.17, 15) is 20.0 Å². The largest absolute Gasteiger partial charge is 0.503 e. The highest BCUT2D eigenvalue weighted by Gasteiger charge is 2.18. The van der Waals surface area contributed by atoms with Gasteiger partial charge in [-0.2, -0.15) is 0 Å². The Kier molecular flexibility index (Phi) is 4.37. The van der Waals surface area contributed by atoms with Gasteiger partial charge < -0.3 is 9.67 Å². The van der Waals surface area contributed by atoms with E-state index in [1.807, 2.05) is 54.6 Å². The quantitative estimate of drug-likeness (QED) is 0.427. The van der Waals surface area contributed by atoms with Gasteiger partial charge in [-0.15, -0.1) is 0 Å². The predicted molar refractivity (Wildman–Crippen MR) is 108 cm³/mol. The van der Waals surface area contributed by atoms with Crippen LogP contribution in [0.2, 0.25) is 0 Å². The summed E-state index contributed by atoms with van der Waals surface area (Å²) in [7, 11) is 0. The molecule has 0 amide bonds. The van der Waals surface area contributed by atoms with Crippen molar-refractivity contribution in [2.45, 2.75) is 6.54 Å². The van der Waals surface area contributed by atoms with Crippen LogP contribution in [0.1, 0.15) is 5.56 Å². The Labute approximate surface area is 160 Å². The van der Waals surface area contributed by atoms with E-state index in [2.05, 4.69) is 0 Å². The lowest BCUT2D eigenvalue weighted by Crippen LogP contribution is -2.21. The summed E-state index contributed by atoms with van der Waals surface area (Å²) in [5.74, 6) is -0.372. The molecule has 0 saturated carbocycles. The van der Waals surface area contributed by atoms with Crippen molar-refractivity contribution in [1.82, 2.24) is 4.57 Å². The van der Waals surface area contributed by atoms with Gasteiger partial charge in [-0.3, -0.25) is 14.9 Å². The van der Waals surface area contributed by atoms with Gasteiger partial charge >= 0.3 is 0 Å². The standard InChI is InChI=1S/C22H16N2O4/c25-21-20(16-10-12-17(13-11-16)24(27)28)18-8-4-5-9-19(18)23(22(21)26)14-15-6-2-1-3-7-15/h1-13,25H,14H2. The number of nitro benzene ring substituents is 1. The lowest BCUT2D eigenvalue weighted by atomic mass is 9.99. The van der Waals surface area contributed by atoms with Crippen molar-refractivity contribution in [2.75, 3.05) is 0 Å². The van der Waals surface area contributed by atoms with Crippen molar-refractivity contribution in [2.24, 2.45) is 0 Å². The molecule has 4 aromatic rings. The third kappa shape index (κ3) is 3.01. The topological polar surface area (TPSA) is 85.4 Å². The molecule has 1 aromatic heterocycles. The zero-order valence-electron chi connectivity index (χ0n) is 14.8. The number of aromatic hydroxyl groups is 1. The average molecular weight is 372 g/mol. The van der Waals surface area contributed by atoms with Crippen molar-refractivity contribution in [3.05, 3.63) is 105 Å². The molecular formula is C22H16N2O4. The van der Waals surface area contributed by atoms with Crippen LogP contribution in [0.4, 0.5) is 5.69 Å². The Bertz CT molecular complexity index is 1230. The molecule has 0 spiro atoms. The number of non-ortho nitro benzene ring substituents is 1. The van der Waals surface area contributed by atoms with E-state index in [1.54, 1.807) is 12.1 Å². The van der Waals surface area contributed by atoms with Gasteiger partial charge in [-0.1, -0.05) is 48.5 Å². The molecule has 0 atom stereocenters. The third-order valence-electron chi connectivity index (χ3n) is 4.70. The van der Waals surface area contributed by atoms with Crippen LogP contribution in [0.5, 0.6) is 5.75 Å². The molecule has 6 heteroatoms. The van der Waals surface area contributed by atoms with E-state index < -0.39 is 10.5 Å². The third-order valence-corrected chi connectivity index (χ3v) is 4.70. The van der Waals surface area contributed by atoms with Crippen molar-refractivity contribution >= 4 is 16.6 Å². The van der Waals surface area contributed by atoms with Crippen molar-refractivity contribution in [3.63, 3.8) is 0 Å². The fraction of sp³-hybridized carbons (Fsp3) is 0.0455. The average Bonchev–Trinajstić information content (AvgIpc) is 2.72. The predicted octanol–water partition coefficient (Wildman–Crippen LogP) is 4.33. The fourth-order valence-electron chi connectivity index (χ4n) is 3.36. The number of hydrogen-bond donors (Lipinski definition) is 1. The lowest BCUT2D eigenvalue weighted by molar-refractivity contribution is -0.384. The maximum Gasteiger partial charge on any atom is 0.294 e. The smallest absolute Gasteiger partial charge is 0.294 e. The number of benzene rings is 3. The van der Waals surface area contributed by atoms with Gasteiger partial charge in [-0.25, -0.2) is 0 Å². The molecule has 0 bridgehead atoms. The van der Waals surface area contributed by atoms with E-state index in [4.69, 9.17) is 0 Å². The van der Waals surface area contributed by atoms with Gasteiger partial charge in [-0.05, 0) is 29.3 Å². The summed E-state index contributed by atoms with van der Waals surface area (Å²) in [6.45, 7) is 0.328. The highest BCUT2D eigenvalue weighted by molar-refractivity contribution is 5.97. The fourth-order valence-corrected chi connectivity index (χ4v) is 3.36. The SMILES string of the molecule is O=c1c(O)c(-c2ccc([N+](=O)[O-])cc2)c2ccccc2n1Cc1ccccc1. The first-order valence-corrected chi connectivity index (χ1v) is 8.69. The van der Waals surface area contributed by atoms with Crippen LogP contribution in [0.25, 0.3) is 22.0 Å². The Morgan fingerprint density at radius 3 is 2.21 bits per heavy atom. The summed E-state index contributed by atoms with van der Waals surface area (Å²) in [6.07, 6.45) is 0. The van der Waals surface area contributed by atoms with Gasteiger partial charge in [0.15, 0.2) is 5.75 Å². The van der Waals surface area contributed by atoms with Gasteiger partial charge in [0.25, 0.3) is 11.2 Å². The maximum atomic E-state index is 13.0. The number of rotatable bonds is 4. The van der Waals surface area contributed by atoms with Crippen LogP contribution in [-0.2, 0) is 6.54 Å². The van der Waals surface area contributed by atoms with Gasteiger partial charge in [0.2, 0.25) is 0 Å². The molecule has 28 heavy (non-hydrogen) atoms. The molecule has 0 aliphatic carbocycles. The molecule has 3 aromatic carbocycles. The summed E-state index contributed by atoms with van der Waals surface area (Å²) >= 11 is 0. The highest BCUT2D eigenvalue weighted by Crippen LogP contribution is 2.34. The molecule has 1 heterocycles. The molecule has 0 aliphatic heterocycles. The minimum absolute atomic E-state index is 0.0510. The van der Waals surface area contributed by atoms with E-state index in [0.29, 0.717) is 28.6 Å². The summed E-state index contributed by atoms with van der Waals surface area (Å²) in [5.41, 5.74) is 1.99. The molecule has 0 fully saturated rings. The Balaban J connectivity index is 1.94. The van der Waals surface area contributed by atoms with Gasteiger partial charge in [0.1, 0.15) is 0 Å². The number of nitrogens with zero attached hydrogens (tertiary/aromatic N) is 2. The second-order valence-corrected chi connectivity index (χ2v) is 6.42. The highest BCUT2D eigenvalue weighted by atomic mass is 16.6. The Morgan fingerprint density at radius 2 is 1.54 bits per heavy atom. The Hall–Kier alpha value is -3.93. The summed E-state index contributed by atoms with van der Waals surface area (Å²) in [6, 6.07) is 22.7. The van der Waals surface area contributed by atoms with E-state index in [-0.39, 0.29) is 11.4 Å². The van der Waals surface area contributed by atoms with Crippen LogP contribution < -0.4 is 5.56 Å². The number of pyridine rings is 1. The van der Waals surface area contributed by atoms with Crippen molar-refractivity contribution < 1.29 is 10.0 Å². The van der Waals surface area contributed by atoms with Crippen molar-refractivity contribution in [3.8, 4) is 16.9 Å². The monoisotopic (exact) mass is 372 g/mol. The normalized spacial score (nSPS) is 10.9.